The zero-order valence-corrected chi connectivity index (χ0v) is 6.54. The standard InChI is InChI=1S/C8H10FNO/c1-6(9)7-4-3-5-10-8(7)11-2/h3-6H,1-2H3. The summed E-state index contributed by atoms with van der Waals surface area (Å²) in [5, 5.41) is 0. The van der Waals surface area contributed by atoms with Crippen LogP contribution in [0, 0.1) is 0 Å². The van der Waals surface area contributed by atoms with Gasteiger partial charge in [-0.3, -0.25) is 0 Å². The fourth-order valence-electron chi connectivity index (χ4n) is 0.877. The summed E-state index contributed by atoms with van der Waals surface area (Å²) in [4.78, 5) is 3.86. The third-order valence-corrected chi connectivity index (χ3v) is 1.42. The minimum atomic E-state index is -1.03. The van der Waals surface area contributed by atoms with E-state index in [4.69, 9.17) is 4.74 Å². The molecule has 0 bridgehead atoms. The Morgan fingerprint density at radius 3 is 2.82 bits per heavy atom. The Kier molecular flexibility index (Phi) is 2.41. The fraction of sp³-hybridized carbons (Fsp3) is 0.375. The van der Waals surface area contributed by atoms with E-state index in [1.165, 1.54) is 14.0 Å². The van der Waals surface area contributed by atoms with Gasteiger partial charge in [0, 0.05) is 11.8 Å². The van der Waals surface area contributed by atoms with Crippen molar-refractivity contribution in [3.8, 4) is 5.88 Å². The van der Waals surface area contributed by atoms with Gasteiger partial charge < -0.3 is 4.74 Å². The molecule has 0 aliphatic heterocycles. The predicted molar refractivity (Wildman–Crippen MR) is 40.3 cm³/mol. The maximum Gasteiger partial charge on any atom is 0.219 e. The lowest BCUT2D eigenvalue weighted by atomic mass is 10.2. The van der Waals surface area contributed by atoms with E-state index in [-0.39, 0.29) is 0 Å². The Hall–Kier alpha value is -1.12. The lowest BCUT2D eigenvalue weighted by Crippen LogP contribution is -1.94. The first-order valence-electron chi connectivity index (χ1n) is 3.38. The quantitative estimate of drug-likeness (QED) is 0.652. The van der Waals surface area contributed by atoms with Gasteiger partial charge in [-0.05, 0) is 19.1 Å². The molecule has 0 N–H and O–H groups in total. The summed E-state index contributed by atoms with van der Waals surface area (Å²) in [5.74, 6) is 0.363. The van der Waals surface area contributed by atoms with E-state index in [0.717, 1.165) is 0 Å². The molecule has 0 saturated carbocycles. The highest BCUT2D eigenvalue weighted by Gasteiger charge is 2.09. The molecule has 60 valence electrons. The molecule has 0 aliphatic rings. The summed E-state index contributed by atoms with van der Waals surface area (Å²) in [6.45, 7) is 1.46. The summed E-state index contributed by atoms with van der Waals surface area (Å²) in [6.07, 6.45) is 0.545. The van der Waals surface area contributed by atoms with Crippen LogP contribution in [0.15, 0.2) is 18.3 Å². The van der Waals surface area contributed by atoms with Gasteiger partial charge in [0.15, 0.2) is 0 Å². The van der Waals surface area contributed by atoms with Gasteiger partial charge in [-0.2, -0.15) is 0 Å². The second kappa shape index (κ2) is 3.32. The van der Waals surface area contributed by atoms with E-state index in [1.807, 2.05) is 0 Å². The first kappa shape index (κ1) is 7.98. The van der Waals surface area contributed by atoms with Crippen LogP contribution >= 0.6 is 0 Å². The number of pyridine rings is 1. The van der Waals surface area contributed by atoms with Crippen LogP contribution in [0.2, 0.25) is 0 Å². The highest BCUT2D eigenvalue weighted by atomic mass is 19.1. The Labute approximate surface area is 65.0 Å². The third-order valence-electron chi connectivity index (χ3n) is 1.42. The first-order chi connectivity index (χ1) is 5.25. The second-order valence-electron chi connectivity index (χ2n) is 2.22. The van der Waals surface area contributed by atoms with Crippen molar-refractivity contribution in [1.29, 1.82) is 0 Å². The number of alkyl halides is 1. The summed E-state index contributed by atoms with van der Waals surface area (Å²) in [6, 6.07) is 3.35. The van der Waals surface area contributed by atoms with Crippen molar-refractivity contribution in [1.82, 2.24) is 4.98 Å². The number of nitrogens with zero attached hydrogens (tertiary/aromatic N) is 1. The number of hydrogen-bond donors (Lipinski definition) is 0. The zero-order chi connectivity index (χ0) is 8.27. The minimum absolute atomic E-state index is 0.363. The Bertz CT molecular complexity index is 237. The van der Waals surface area contributed by atoms with Gasteiger partial charge in [-0.15, -0.1) is 0 Å². The zero-order valence-electron chi connectivity index (χ0n) is 6.54. The smallest absolute Gasteiger partial charge is 0.219 e. The lowest BCUT2D eigenvalue weighted by Gasteiger charge is -2.06. The third kappa shape index (κ3) is 1.67. The molecule has 1 aromatic heterocycles. The number of halogens is 1. The van der Waals surface area contributed by atoms with Gasteiger partial charge in [0.2, 0.25) is 5.88 Å². The summed E-state index contributed by atoms with van der Waals surface area (Å²) in [5.41, 5.74) is 0.495. The average molecular weight is 155 g/mol. The Balaban J connectivity index is 3.02. The van der Waals surface area contributed by atoms with Gasteiger partial charge in [0.1, 0.15) is 6.17 Å². The monoisotopic (exact) mass is 155 g/mol. The molecular weight excluding hydrogens is 145 g/mol. The van der Waals surface area contributed by atoms with Crippen molar-refractivity contribution >= 4 is 0 Å². The molecule has 11 heavy (non-hydrogen) atoms. The van der Waals surface area contributed by atoms with E-state index >= 15 is 0 Å². The first-order valence-corrected chi connectivity index (χ1v) is 3.38. The van der Waals surface area contributed by atoms with Crippen molar-refractivity contribution in [3.05, 3.63) is 23.9 Å². The Morgan fingerprint density at radius 1 is 1.64 bits per heavy atom. The number of hydrogen-bond acceptors (Lipinski definition) is 2. The largest absolute Gasteiger partial charge is 0.481 e. The highest BCUT2D eigenvalue weighted by Crippen LogP contribution is 2.23. The van der Waals surface area contributed by atoms with E-state index in [2.05, 4.69) is 4.98 Å². The van der Waals surface area contributed by atoms with Gasteiger partial charge in [-0.25, -0.2) is 9.37 Å². The molecule has 0 fully saturated rings. The Morgan fingerprint density at radius 2 is 2.36 bits per heavy atom. The van der Waals surface area contributed by atoms with E-state index in [9.17, 15) is 4.39 Å². The number of rotatable bonds is 2. The molecule has 3 heteroatoms. The molecule has 0 radical (unpaired) electrons. The van der Waals surface area contributed by atoms with E-state index < -0.39 is 6.17 Å². The molecular formula is C8H10FNO. The van der Waals surface area contributed by atoms with Gasteiger partial charge >= 0.3 is 0 Å². The molecule has 1 rings (SSSR count). The second-order valence-corrected chi connectivity index (χ2v) is 2.22. The van der Waals surface area contributed by atoms with Crippen molar-refractivity contribution in [3.63, 3.8) is 0 Å². The van der Waals surface area contributed by atoms with Gasteiger partial charge in [0.25, 0.3) is 0 Å². The van der Waals surface area contributed by atoms with E-state index in [0.29, 0.717) is 11.4 Å². The van der Waals surface area contributed by atoms with Crippen molar-refractivity contribution in [2.24, 2.45) is 0 Å². The van der Waals surface area contributed by atoms with Crippen LogP contribution in [0.3, 0.4) is 0 Å². The summed E-state index contributed by atoms with van der Waals surface area (Å²) < 4.78 is 17.6. The number of aromatic nitrogens is 1. The lowest BCUT2D eigenvalue weighted by molar-refractivity contribution is 0.338. The average Bonchev–Trinajstić information content (AvgIpc) is 2.04. The van der Waals surface area contributed by atoms with Gasteiger partial charge in [-0.1, -0.05) is 0 Å². The molecule has 1 heterocycles. The molecule has 1 unspecified atom stereocenters. The molecule has 2 nitrogen and oxygen atoms in total. The van der Waals surface area contributed by atoms with Crippen LogP contribution in [0.4, 0.5) is 4.39 Å². The molecule has 1 atom stereocenters. The maximum atomic E-state index is 12.8. The highest BCUT2D eigenvalue weighted by molar-refractivity contribution is 5.26. The molecule has 0 aliphatic carbocycles. The topological polar surface area (TPSA) is 22.1 Å². The van der Waals surface area contributed by atoms with Crippen LogP contribution in [-0.2, 0) is 0 Å². The number of ether oxygens (including phenoxy) is 1. The van der Waals surface area contributed by atoms with Crippen LogP contribution in [0.5, 0.6) is 5.88 Å². The van der Waals surface area contributed by atoms with E-state index in [1.54, 1.807) is 18.3 Å². The van der Waals surface area contributed by atoms with Crippen LogP contribution in [0.1, 0.15) is 18.7 Å². The minimum Gasteiger partial charge on any atom is -0.481 e. The summed E-state index contributed by atoms with van der Waals surface area (Å²) in [7, 11) is 1.48. The molecule has 0 saturated heterocycles. The van der Waals surface area contributed by atoms with Crippen molar-refractivity contribution in [2.75, 3.05) is 7.11 Å². The molecule has 0 amide bonds. The molecule has 1 aromatic rings. The maximum absolute atomic E-state index is 12.8. The molecule has 0 aromatic carbocycles. The van der Waals surface area contributed by atoms with Crippen molar-refractivity contribution in [2.45, 2.75) is 13.1 Å². The number of methoxy groups -OCH3 is 1. The molecule has 0 spiro atoms. The fourth-order valence-corrected chi connectivity index (χ4v) is 0.877. The summed E-state index contributed by atoms with van der Waals surface area (Å²) >= 11 is 0. The normalized spacial score (nSPS) is 12.6. The van der Waals surface area contributed by atoms with Gasteiger partial charge in [0.05, 0.1) is 7.11 Å². The predicted octanol–water partition coefficient (Wildman–Crippen LogP) is 2.12. The van der Waals surface area contributed by atoms with Crippen LogP contribution < -0.4 is 4.74 Å². The van der Waals surface area contributed by atoms with Crippen LogP contribution in [0.25, 0.3) is 0 Å². The SMILES string of the molecule is COc1ncccc1C(C)F. The van der Waals surface area contributed by atoms with Crippen LogP contribution in [-0.4, -0.2) is 12.1 Å². The van der Waals surface area contributed by atoms with Crippen molar-refractivity contribution < 1.29 is 9.13 Å².